The van der Waals surface area contributed by atoms with Gasteiger partial charge in [-0.1, -0.05) is 12.1 Å². The van der Waals surface area contributed by atoms with E-state index < -0.39 is 11.7 Å². The molecule has 0 bridgehead atoms. The first kappa shape index (κ1) is 24.6. The van der Waals surface area contributed by atoms with Gasteiger partial charge in [-0.05, 0) is 80.1 Å². The van der Waals surface area contributed by atoms with Crippen molar-refractivity contribution in [2.75, 3.05) is 7.11 Å². The summed E-state index contributed by atoms with van der Waals surface area (Å²) in [4.78, 5) is 5.53. The summed E-state index contributed by atoms with van der Waals surface area (Å²) in [5.41, 5.74) is 1.48. The van der Waals surface area contributed by atoms with Crippen molar-refractivity contribution < 1.29 is 27.4 Å². The number of methoxy groups -OCH3 is 1. The Morgan fingerprint density at radius 2 is 1.37 bits per heavy atom. The molecule has 4 aromatic rings. The van der Waals surface area contributed by atoms with Gasteiger partial charge >= 0.3 is 6.18 Å². The van der Waals surface area contributed by atoms with Crippen LogP contribution in [0.3, 0.4) is 0 Å². The van der Waals surface area contributed by atoms with E-state index in [1.165, 1.54) is 23.5 Å². The monoisotopic (exact) mass is 499 g/mol. The molecule has 0 aliphatic rings. The fourth-order valence-electron chi connectivity index (χ4n) is 3.41. The van der Waals surface area contributed by atoms with Gasteiger partial charge < -0.3 is 14.2 Å². The summed E-state index contributed by atoms with van der Waals surface area (Å²) in [6, 6.07) is 19.8. The average Bonchev–Trinajstić information content (AvgIpc) is 3.27. The summed E-state index contributed by atoms with van der Waals surface area (Å²) < 4.78 is 55.9. The number of thiazole rings is 1. The second-order valence-corrected chi connectivity index (χ2v) is 9.10. The zero-order valence-corrected chi connectivity index (χ0v) is 20.2. The van der Waals surface area contributed by atoms with Gasteiger partial charge in [0.05, 0.1) is 29.3 Å². The molecule has 0 amide bonds. The van der Waals surface area contributed by atoms with E-state index in [2.05, 4.69) is 0 Å². The normalized spacial score (nSPS) is 11.5. The van der Waals surface area contributed by atoms with Crippen LogP contribution in [-0.4, -0.2) is 18.2 Å². The van der Waals surface area contributed by atoms with Crippen molar-refractivity contribution in [3.8, 4) is 38.9 Å². The molecule has 0 radical (unpaired) electrons. The van der Waals surface area contributed by atoms with E-state index in [0.717, 1.165) is 28.3 Å². The largest absolute Gasteiger partial charge is 0.497 e. The van der Waals surface area contributed by atoms with E-state index in [-0.39, 0.29) is 12.7 Å². The molecule has 0 unspecified atom stereocenters. The van der Waals surface area contributed by atoms with Crippen molar-refractivity contribution >= 4 is 11.3 Å². The summed E-state index contributed by atoms with van der Waals surface area (Å²) in [6.45, 7) is 4.14. The molecular formula is C27H24F3NO3S. The van der Waals surface area contributed by atoms with Crippen LogP contribution in [0.1, 0.15) is 24.4 Å². The summed E-state index contributed by atoms with van der Waals surface area (Å²) in [5.74, 6) is 2.12. The Labute approximate surface area is 205 Å². The number of alkyl halides is 3. The molecule has 0 N–H and O–H groups in total. The van der Waals surface area contributed by atoms with Crippen molar-refractivity contribution in [3.63, 3.8) is 0 Å². The smallest absolute Gasteiger partial charge is 0.416 e. The van der Waals surface area contributed by atoms with E-state index in [1.807, 2.05) is 62.4 Å². The van der Waals surface area contributed by atoms with Crippen LogP contribution in [0.5, 0.6) is 17.2 Å². The first-order valence-electron chi connectivity index (χ1n) is 10.9. The minimum atomic E-state index is -4.39. The second kappa shape index (κ2) is 10.4. The fraction of sp³-hybridized carbons (Fsp3) is 0.222. The van der Waals surface area contributed by atoms with E-state index in [4.69, 9.17) is 19.2 Å². The third-order valence-corrected chi connectivity index (χ3v) is 6.15. The van der Waals surface area contributed by atoms with Gasteiger partial charge in [-0.3, -0.25) is 0 Å². The van der Waals surface area contributed by atoms with Gasteiger partial charge in [0.1, 0.15) is 28.9 Å². The molecule has 0 aliphatic carbocycles. The van der Waals surface area contributed by atoms with Crippen molar-refractivity contribution in [1.82, 2.24) is 4.98 Å². The zero-order valence-electron chi connectivity index (χ0n) is 19.4. The fourth-order valence-corrected chi connectivity index (χ4v) is 4.41. The molecule has 0 spiro atoms. The highest BCUT2D eigenvalue weighted by Crippen LogP contribution is 2.39. The van der Waals surface area contributed by atoms with Crippen LogP contribution >= 0.6 is 11.3 Å². The number of ether oxygens (including phenoxy) is 3. The molecule has 4 nitrogen and oxygen atoms in total. The molecule has 4 rings (SSSR count). The number of nitrogens with zero attached hydrogens (tertiary/aromatic N) is 1. The maximum atomic E-state index is 13.0. The molecular weight excluding hydrogens is 475 g/mol. The summed E-state index contributed by atoms with van der Waals surface area (Å²) in [7, 11) is 1.59. The van der Waals surface area contributed by atoms with Gasteiger partial charge in [-0.25, -0.2) is 4.98 Å². The minimum absolute atomic E-state index is 0.0806. The lowest BCUT2D eigenvalue weighted by molar-refractivity contribution is -0.137. The molecule has 0 fully saturated rings. The molecule has 182 valence electrons. The lowest BCUT2D eigenvalue weighted by atomic mass is 10.1. The second-order valence-electron chi connectivity index (χ2n) is 8.02. The maximum absolute atomic E-state index is 13.0. The quantitative estimate of drug-likeness (QED) is 0.247. The molecule has 8 heteroatoms. The van der Waals surface area contributed by atoms with Gasteiger partial charge in [0.15, 0.2) is 0 Å². The Hall–Kier alpha value is -3.52. The number of rotatable bonds is 8. The number of hydrogen-bond acceptors (Lipinski definition) is 5. The van der Waals surface area contributed by atoms with Crippen LogP contribution in [0.4, 0.5) is 13.2 Å². The highest BCUT2D eigenvalue weighted by Gasteiger charge is 2.30. The molecule has 1 heterocycles. The predicted octanol–water partition coefficient (Wildman–Crippen LogP) is 7.87. The highest BCUT2D eigenvalue weighted by molar-refractivity contribution is 7.15. The van der Waals surface area contributed by atoms with Crippen LogP contribution in [-0.2, 0) is 12.8 Å². The Balaban J connectivity index is 1.61. The van der Waals surface area contributed by atoms with Crippen LogP contribution in [0.2, 0.25) is 0 Å². The Morgan fingerprint density at radius 3 is 1.94 bits per heavy atom. The van der Waals surface area contributed by atoms with Crippen molar-refractivity contribution in [3.05, 3.63) is 83.4 Å². The van der Waals surface area contributed by atoms with Gasteiger partial charge in [-0.2, -0.15) is 13.2 Å². The average molecular weight is 500 g/mol. The number of aromatic nitrogens is 1. The van der Waals surface area contributed by atoms with E-state index in [9.17, 15) is 13.2 Å². The Morgan fingerprint density at radius 1 is 0.800 bits per heavy atom. The first-order valence-corrected chi connectivity index (χ1v) is 11.8. The van der Waals surface area contributed by atoms with E-state index in [0.29, 0.717) is 27.8 Å². The predicted molar refractivity (Wildman–Crippen MR) is 131 cm³/mol. The molecule has 0 saturated heterocycles. The van der Waals surface area contributed by atoms with Crippen molar-refractivity contribution in [2.24, 2.45) is 0 Å². The number of halogens is 3. The third kappa shape index (κ3) is 6.14. The van der Waals surface area contributed by atoms with Gasteiger partial charge in [0.25, 0.3) is 0 Å². The van der Waals surface area contributed by atoms with Gasteiger partial charge in [0.2, 0.25) is 0 Å². The standard InChI is InChI=1S/C27H24F3NO3S/c1-17(2)34-23-14-12-22(13-15-23)33-16-24-31-25(18-6-10-21(32-3)11-7-18)26(35-24)19-4-8-20(9-5-19)27(28,29)30/h4-15,17H,16H2,1-3H3. The lowest BCUT2D eigenvalue weighted by Crippen LogP contribution is -2.05. The SMILES string of the molecule is COc1ccc(-c2nc(COc3ccc(OC(C)C)cc3)sc2-c2ccc(C(F)(F)F)cc2)cc1. The summed E-state index contributed by atoms with van der Waals surface area (Å²) in [6.07, 6.45) is -4.31. The number of benzene rings is 3. The first-order chi connectivity index (χ1) is 16.7. The molecule has 0 atom stereocenters. The Kier molecular flexibility index (Phi) is 7.31. The lowest BCUT2D eigenvalue weighted by Gasteiger charge is -2.10. The van der Waals surface area contributed by atoms with Gasteiger partial charge in [0, 0.05) is 5.56 Å². The summed E-state index contributed by atoms with van der Waals surface area (Å²) >= 11 is 1.39. The topological polar surface area (TPSA) is 40.6 Å². The van der Waals surface area contributed by atoms with Crippen molar-refractivity contribution in [1.29, 1.82) is 0 Å². The third-order valence-electron chi connectivity index (χ3n) is 5.07. The Bertz CT molecular complexity index is 1250. The number of hydrogen-bond donors (Lipinski definition) is 0. The summed E-state index contributed by atoms with van der Waals surface area (Å²) in [5, 5.41) is 0.702. The maximum Gasteiger partial charge on any atom is 0.416 e. The molecule has 0 aliphatic heterocycles. The van der Waals surface area contributed by atoms with E-state index in [1.54, 1.807) is 7.11 Å². The molecule has 35 heavy (non-hydrogen) atoms. The van der Waals surface area contributed by atoms with Crippen molar-refractivity contribution in [2.45, 2.75) is 32.7 Å². The molecule has 1 aromatic heterocycles. The minimum Gasteiger partial charge on any atom is -0.497 e. The van der Waals surface area contributed by atoms with E-state index >= 15 is 0 Å². The van der Waals surface area contributed by atoms with Crippen LogP contribution < -0.4 is 14.2 Å². The van der Waals surface area contributed by atoms with Crippen LogP contribution in [0.25, 0.3) is 21.7 Å². The zero-order chi connectivity index (χ0) is 25.0. The highest BCUT2D eigenvalue weighted by atomic mass is 32.1. The van der Waals surface area contributed by atoms with Crippen LogP contribution in [0, 0.1) is 0 Å². The molecule has 0 saturated carbocycles. The molecule has 3 aromatic carbocycles. The van der Waals surface area contributed by atoms with Crippen LogP contribution in [0.15, 0.2) is 72.8 Å². The van der Waals surface area contributed by atoms with Gasteiger partial charge in [-0.15, -0.1) is 11.3 Å².